The second-order valence-electron chi connectivity index (χ2n) is 9.72. The first-order chi connectivity index (χ1) is 17.9. The zero-order chi connectivity index (χ0) is 27.7. The molecule has 2 aromatic heterocycles. The molecule has 0 radical (unpaired) electrons. The third-order valence-electron chi connectivity index (χ3n) is 6.41. The summed E-state index contributed by atoms with van der Waals surface area (Å²) in [7, 11) is -4.18. The largest absolute Gasteiger partial charge is 0.462 e. The lowest BCUT2D eigenvalue weighted by atomic mass is 9.98. The number of para-hydroxylation sites is 1. The Bertz CT molecular complexity index is 1320. The highest BCUT2D eigenvalue weighted by molar-refractivity contribution is 7.52. The van der Waals surface area contributed by atoms with Gasteiger partial charge in [-0.2, -0.15) is 5.09 Å². The monoisotopic (exact) mass is 550 g/mol. The van der Waals surface area contributed by atoms with E-state index in [1.165, 1.54) is 31.1 Å². The molecule has 6 atom stereocenters. The molecule has 1 aliphatic rings. The lowest BCUT2D eigenvalue weighted by molar-refractivity contribution is -0.149. The van der Waals surface area contributed by atoms with Gasteiger partial charge in [-0.3, -0.25) is 9.32 Å². The second kappa shape index (κ2) is 10.9. The van der Waals surface area contributed by atoms with Crippen LogP contribution in [0.3, 0.4) is 0 Å². The van der Waals surface area contributed by atoms with Crippen LogP contribution in [-0.2, 0) is 18.6 Å². The van der Waals surface area contributed by atoms with Gasteiger partial charge in [0.25, 0.3) is 0 Å². The number of rotatable bonds is 10. The van der Waals surface area contributed by atoms with Crippen molar-refractivity contribution in [1.82, 2.24) is 24.6 Å². The minimum absolute atomic E-state index is 0.111. The predicted molar refractivity (Wildman–Crippen MR) is 137 cm³/mol. The van der Waals surface area contributed by atoms with E-state index in [0.29, 0.717) is 11.2 Å². The summed E-state index contributed by atoms with van der Waals surface area (Å²) in [5.41, 5.74) is 4.41. The number of benzene rings is 1. The molecule has 1 saturated carbocycles. The number of ether oxygens (including phenoxy) is 1. The first-order valence-electron chi connectivity index (χ1n) is 12.2. The van der Waals surface area contributed by atoms with E-state index in [4.69, 9.17) is 19.5 Å². The Balaban J connectivity index is 1.54. The Labute approximate surface area is 219 Å². The van der Waals surface area contributed by atoms with Gasteiger partial charge in [-0.25, -0.2) is 23.9 Å². The molecule has 1 aliphatic carbocycles. The Morgan fingerprint density at radius 3 is 2.68 bits per heavy atom. The molecule has 0 aliphatic heterocycles. The van der Waals surface area contributed by atoms with E-state index < -0.39 is 43.5 Å². The van der Waals surface area contributed by atoms with Crippen LogP contribution in [0.5, 0.6) is 5.75 Å². The van der Waals surface area contributed by atoms with Crippen LogP contribution in [0.4, 0.5) is 10.2 Å². The molecule has 0 bridgehead atoms. The number of fused-ring (bicyclic) bond motifs is 1. The third-order valence-corrected chi connectivity index (χ3v) is 8.05. The average molecular weight is 551 g/mol. The van der Waals surface area contributed by atoms with Gasteiger partial charge in [-0.1, -0.05) is 18.2 Å². The molecule has 4 rings (SSSR count). The number of nitrogens with one attached hydrogen (secondary N) is 1. The predicted octanol–water partition coefficient (Wildman–Crippen LogP) is 3.19. The van der Waals surface area contributed by atoms with E-state index in [2.05, 4.69) is 20.0 Å². The highest BCUT2D eigenvalue weighted by Gasteiger charge is 2.54. The molecule has 2 heterocycles. The van der Waals surface area contributed by atoms with Gasteiger partial charge in [0.1, 0.15) is 23.6 Å². The Hall–Kier alpha value is -3.12. The van der Waals surface area contributed by atoms with E-state index in [-0.39, 0.29) is 30.7 Å². The molecule has 14 heteroatoms. The number of carbonyl (C=O) groups excluding carboxylic acids is 1. The van der Waals surface area contributed by atoms with Gasteiger partial charge in [0.15, 0.2) is 17.1 Å². The van der Waals surface area contributed by atoms with Crippen molar-refractivity contribution < 1.29 is 32.6 Å². The lowest BCUT2D eigenvalue weighted by Gasteiger charge is -2.28. The third kappa shape index (κ3) is 5.80. The van der Waals surface area contributed by atoms with Crippen LogP contribution in [0.1, 0.15) is 40.2 Å². The van der Waals surface area contributed by atoms with Crippen molar-refractivity contribution in [2.75, 3.05) is 12.3 Å². The number of hydrogen-bond donors (Lipinski definition) is 3. The normalized spacial score (nSPS) is 25.8. The number of nitrogens with zero attached hydrogens (tertiary/aromatic N) is 4. The van der Waals surface area contributed by atoms with Crippen LogP contribution in [-0.4, -0.2) is 61.1 Å². The van der Waals surface area contributed by atoms with E-state index >= 15 is 4.39 Å². The van der Waals surface area contributed by atoms with Gasteiger partial charge in [-0.15, -0.1) is 0 Å². The molecule has 38 heavy (non-hydrogen) atoms. The molecule has 0 amide bonds. The SMILES string of the molecule is CC(C)OC(=O)[C@H](C)N[P@](=O)(OC[C@H]1C[C@@H](n2cnc3c(N)ncnc32)[C@](C)(F)[C@@H]1O)Oc1ccccc1. The maximum absolute atomic E-state index is 15.9. The van der Waals surface area contributed by atoms with Crippen molar-refractivity contribution in [2.45, 2.75) is 64.1 Å². The van der Waals surface area contributed by atoms with Crippen molar-refractivity contribution in [2.24, 2.45) is 5.92 Å². The minimum Gasteiger partial charge on any atom is -0.462 e. The molecular formula is C24H32FN6O6P. The molecular weight excluding hydrogens is 518 g/mol. The fourth-order valence-corrected chi connectivity index (χ4v) is 6.02. The highest BCUT2D eigenvalue weighted by atomic mass is 31.2. The summed E-state index contributed by atoms with van der Waals surface area (Å²) in [6.07, 6.45) is 0.916. The number of carbonyl (C=O) groups is 1. The summed E-state index contributed by atoms with van der Waals surface area (Å²) < 4.78 is 47.7. The summed E-state index contributed by atoms with van der Waals surface area (Å²) in [5.74, 6) is -1.04. The second-order valence-corrected chi connectivity index (χ2v) is 11.4. The van der Waals surface area contributed by atoms with Crippen molar-refractivity contribution in [1.29, 1.82) is 0 Å². The zero-order valence-electron chi connectivity index (χ0n) is 21.5. The number of imidazole rings is 1. The Morgan fingerprint density at radius 2 is 2.00 bits per heavy atom. The number of halogens is 1. The number of aliphatic hydroxyl groups is 1. The van der Waals surface area contributed by atoms with Crippen LogP contribution in [0, 0.1) is 5.92 Å². The molecule has 1 fully saturated rings. The molecule has 12 nitrogen and oxygen atoms in total. The van der Waals surface area contributed by atoms with Crippen molar-refractivity contribution >= 4 is 30.7 Å². The van der Waals surface area contributed by atoms with Crippen molar-refractivity contribution in [3.63, 3.8) is 0 Å². The van der Waals surface area contributed by atoms with Crippen molar-refractivity contribution in [3.8, 4) is 5.75 Å². The molecule has 0 unspecified atom stereocenters. The van der Waals surface area contributed by atoms with Gasteiger partial charge < -0.3 is 24.7 Å². The fourth-order valence-electron chi connectivity index (χ4n) is 4.48. The number of anilines is 1. The Kier molecular flexibility index (Phi) is 8.03. The van der Waals surface area contributed by atoms with Gasteiger partial charge in [-0.05, 0) is 46.2 Å². The van der Waals surface area contributed by atoms with Gasteiger partial charge in [0.05, 0.1) is 31.2 Å². The van der Waals surface area contributed by atoms with Gasteiger partial charge >= 0.3 is 13.7 Å². The molecule has 4 N–H and O–H groups in total. The number of alkyl halides is 1. The van der Waals surface area contributed by atoms with Gasteiger partial charge in [0, 0.05) is 5.92 Å². The standard InChI is InChI=1S/C24H32FN6O6P/c1-14(2)36-23(33)15(3)30-38(34,37-17-8-6-5-7-9-17)35-11-16-10-18(24(4,25)20(16)32)31-13-29-19-21(26)27-12-28-22(19)31/h5-9,12-16,18,20,32H,10-11H2,1-4H3,(H,30,34)(H2,26,27,28)/t15-,16+,18+,20+,24-,38-/m0/s1. The smallest absolute Gasteiger partial charge is 0.459 e. The maximum Gasteiger partial charge on any atom is 0.459 e. The Morgan fingerprint density at radius 1 is 1.29 bits per heavy atom. The number of aromatic nitrogens is 4. The number of esters is 1. The first-order valence-corrected chi connectivity index (χ1v) is 13.7. The summed E-state index contributed by atoms with van der Waals surface area (Å²) in [6.45, 7) is 5.80. The summed E-state index contributed by atoms with van der Waals surface area (Å²) >= 11 is 0. The lowest BCUT2D eigenvalue weighted by Crippen LogP contribution is -2.39. The zero-order valence-corrected chi connectivity index (χ0v) is 22.4. The minimum atomic E-state index is -4.18. The summed E-state index contributed by atoms with van der Waals surface area (Å²) in [6, 6.07) is 6.36. The van der Waals surface area contributed by atoms with Crippen LogP contribution in [0.2, 0.25) is 0 Å². The summed E-state index contributed by atoms with van der Waals surface area (Å²) in [4.78, 5) is 24.6. The highest BCUT2D eigenvalue weighted by Crippen LogP contribution is 2.50. The van der Waals surface area contributed by atoms with Crippen LogP contribution in [0.15, 0.2) is 43.0 Å². The van der Waals surface area contributed by atoms with Crippen LogP contribution >= 0.6 is 7.75 Å². The summed E-state index contributed by atoms with van der Waals surface area (Å²) in [5, 5.41) is 13.5. The first kappa shape index (κ1) is 27.9. The van der Waals surface area contributed by atoms with E-state index in [0.717, 1.165) is 0 Å². The van der Waals surface area contributed by atoms with E-state index in [1.54, 1.807) is 44.2 Å². The van der Waals surface area contributed by atoms with Crippen LogP contribution in [0.25, 0.3) is 11.2 Å². The molecule has 206 valence electrons. The van der Waals surface area contributed by atoms with Crippen LogP contribution < -0.4 is 15.3 Å². The quantitative estimate of drug-likeness (QED) is 0.251. The number of hydrogen-bond acceptors (Lipinski definition) is 10. The molecule has 1 aromatic carbocycles. The number of aliphatic hydroxyl groups excluding tert-OH is 1. The fraction of sp³-hybridized carbons (Fsp3) is 0.500. The van der Waals surface area contributed by atoms with Gasteiger partial charge in [0.2, 0.25) is 0 Å². The topological polar surface area (TPSA) is 164 Å². The molecule has 0 spiro atoms. The van der Waals surface area contributed by atoms with E-state index in [9.17, 15) is 14.5 Å². The van der Waals surface area contributed by atoms with Crippen molar-refractivity contribution in [3.05, 3.63) is 43.0 Å². The molecule has 3 aromatic rings. The molecule has 0 saturated heterocycles. The maximum atomic E-state index is 15.9. The number of nitrogens with two attached hydrogens (primary N) is 1. The number of nitrogen functional groups attached to an aromatic ring is 1. The average Bonchev–Trinajstić information content (AvgIpc) is 3.37. The van der Waals surface area contributed by atoms with E-state index in [1.807, 2.05) is 0 Å².